The first-order valence-corrected chi connectivity index (χ1v) is 7.67. The summed E-state index contributed by atoms with van der Waals surface area (Å²) < 4.78 is 32.7. The molecule has 1 N–H and O–H groups in total. The van der Waals surface area contributed by atoms with Crippen LogP contribution in [0.5, 0.6) is 0 Å². The van der Waals surface area contributed by atoms with Crippen molar-refractivity contribution in [1.82, 2.24) is 9.03 Å². The molecule has 0 spiro atoms. The number of nitrogens with one attached hydrogen (secondary N) is 1. The lowest BCUT2D eigenvalue weighted by Gasteiger charge is -2.28. The Morgan fingerprint density at radius 3 is 2.22 bits per heavy atom. The fourth-order valence-electron chi connectivity index (χ4n) is 1.92. The number of carbonyl (C=O) groups is 1. The maximum atomic E-state index is 12.1. The molecule has 18 heavy (non-hydrogen) atoms. The van der Waals surface area contributed by atoms with E-state index >= 15 is 0 Å². The van der Waals surface area contributed by atoms with Crippen LogP contribution in [0.15, 0.2) is 0 Å². The van der Waals surface area contributed by atoms with Crippen LogP contribution in [0.3, 0.4) is 0 Å². The summed E-state index contributed by atoms with van der Waals surface area (Å²) >= 11 is 0. The summed E-state index contributed by atoms with van der Waals surface area (Å²) in [5.41, 5.74) is 0. The monoisotopic (exact) mass is 278 g/mol. The molecule has 0 aromatic rings. The fraction of sp³-hybridized carbons (Fsp3) is 0.909. The highest BCUT2D eigenvalue weighted by atomic mass is 32.2. The lowest BCUT2D eigenvalue weighted by atomic mass is 10.1. The van der Waals surface area contributed by atoms with Crippen LogP contribution in [0.1, 0.15) is 33.1 Å². The van der Waals surface area contributed by atoms with Gasteiger partial charge in [-0.1, -0.05) is 20.3 Å². The molecule has 0 bridgehead atoms. The first kappa shape index (κ1) is 15.4. The number of hydrogen-bond acceptors (Lipinski definition) is 4. The van der Waals surface area contributed by atoms with Gasteiger partial charge in [0, 0.05) is 13.1 Å². The van der Waals surface area contributed by atoms with E-state index in [4.69, 9.17) is 0 Å². The van der Waals surface area contributed by atoms with Gasteiger partial charge in [-0.2, -0.15) is 17.4 Å². The van der Waals surface area contributed by atoms with E-state index in [1.54, 1.807) is 13.8 Å². The second kappa shape index (κ2) is 6.49. The van der Waals surface area contributed by atoms with Gasteiger partial charge in [-0.15, -0.1) is 0 Å². The Hall–Kier alpha value is -0.660. The van der Waals surface area contributed by atoms with E-state index in [1.807, 2.05) is 0 Å². The number of rotatable bonds is 5. The summed E-state index contributed by atoms with van der Waals surface area (Å²) in [6, 6.07) is -0.832. The van der Waals surface area contributed by atoms with Gasteiger partial charge in [0.05, 0.1) is 7.11 Å². The van der Waals surface area contributed by atoms with Gasteiger partial charge in [0.2, 0.25) is 0 Å². The first-order valence-electron chi connectivity index (χ1n) is 6.23. The zero-order valence-corrected chi connectivity index (χ0v) is 12.0. The summed E-state index contributed by atoms with van der Waals surface area (Å²) in [6.45, 7) is 4.59. The molecule has 1 aliphatic heterocycles. The van der Waals surface area contributed by atoms with Crippen molar-refractivity contribution in [2.75, 3.05) is 20.2 Å². The van der Waals surface area contributed by atoms with Crippen LogP contribution >= 0.6 is 0 Å². The third-order valence-corrected chi connectivity index (χ3v) is 4.65. The summed E-state index contributed by atoms with van der Waals surface area (Å²) in [7, 11) is -2.34. The van der Waals surface area contributed by atoms with Crippen molar-refractivity contribution in [2.45, 2.75) is 39.2 Å². The number of esters is 1. The highest BCUT2D eigenvalue weighted by Crippen LogP contribution is 2.14. The van der Waals surface area contributed by atoms with Crippen molar-refractivity contribution >= 4 is 16.2 Å². The van der Waals surface area contributed by atoms with Gasteiger partial charge in [-0.05, 0) is 18.8 Å². The van der Waals surface area contributed by atoms with Crippen molar-refractivity contribution in [2.24, 2.45) is 5.92 Å². The lowest BCUT2D eigenvalue weighted by molar-refractivity contribution is -0.143. The molecule has 1 unspecified atom stereocenters. The van der Waals surface area contributed by atoms with Gasteiger partial charge >= 0.3 is 5.97 Å². The van der Waals surface area contributed by atoms with Crippen LogP contribution in [-0.2, 0) is 19.7 Å². The third kappa shape index (κ3) is 3.93. The summed E-state index contributed by atoms with van der Waals surface area (Å²) in [6.07, 6.45) is 2.79. The standard InChI is InChI=1S/C11H22N2O4S/c1-9(2)10(11(14)17-3)12-18(15,16)13-7-5-4-6-8-13/h9-10,12H,4-8H2,1-3H3. The Kier molecular flexibility index (Phi) is 5.55. The zero-order chi connectivity index (χ0) is 13.8. The predicted octanol–water partition coefficient (Wildman–Crippen LogP) is 0.504. The van der Waals surface area contributed by atoms with E-state index in [0.29, 0.717) is 13.1 Å². The van der Waals surface area contributed by atoms with Crippen molar-refractivity contribution in [3.8, 4) is 0 Å². The molecule has 0 aromatic heterocycles. The molecule has 1 fully saturated rings. The van der Waals surface area contributed by atoms with Gasteiger partial charge in [0.25, 0.3) is 10.2 Å². The van der Waals surface area contributed by atoms with E-state index in [0.717, 1.165) is 19.3 Å². The number of piperidine rings is 1. The molecular formula is C11H22N2O4S. The van der Waals surface area contributed by atoms with Crippen LogP contribution in [0.2, 0.25) is 0 Å². The molecule has 7 heteroatoms. The van der Waals surface area contributed by atoms with Crippen LogP contribution in [0, 0.1) is 5.92 Å². The van der Waals surface area contributed by atoms with E-state index in [-0.39, 0.29) is 5.92 Å². The molecule has 1 atom stereocenters. The van der Waals surface area contributed by atoms with Crippen molar-refractivity contribution in [1.29, 1.82) is 0 Å². The van der Waals surface area contributed by atoms with Gasteiger partial charge in [0.1, 0.15) is 6.04 Å². The number of methoxy groups -OCH3 is 1. The Bertz CT molecular complexity index is 375. The van der Waals surface area contributed by atoms with E-state index < -0.39 is 22.2 Å². The molecule has 0 aliphatic carbocycles. The quantitative estimate of drug-likeness (QED) is 0.743. The average Bonchev–Trinajstić information content (AvgIpc) is 2.36. The molecule has 1 saturated heterocycles. The highest BCUT2D eigenvalue weighted by Gasteiger charge is 2.32. The fourth-order valence-corrected chi connectivity index (χ4v) is 3.50. The maximum Gasteiger partial charge on any atom is 0.324 e. The summed E-state index contributed by atoms with van der Waals surface area (Å²) in [5.74, 6) is -0.706. The van der Waals surface area contributed by atoms with Crippen molar-refractivity contribution in [3.63, 3.8) is 0 Å². The maximum absolute atomic E-state index is 12.1. The number of nitrogens with zero attached hydrogens (tertiary/aromatic N) is 1. The molecule has 0 amide bonds. The smallest absolute Gasteiger partial charge is 0.324 e. The van der Waals surface area contributed by atoms with Gasteiger partial charge in [-0.25, -0.2) is 0 Å². The molecule has 0 saturated carbocycles. The third-order valence-electron chi connectivity index (χ3n) is 3.05. The predicted molar refractivity (Wildman–Crippen MR) is 68.1 cm³/mol. The van der Waals surface area contributed by atoms with Crippen molar-refractivity contribution < 1.29 is 17.9 Å². The largest absolute Gasteiger partial charge is 0.468 e. The van der Waals surface area contributed by atoms with Crippen LogP contribution < -0.4 is 4.72 Å². The summed E-state index contributed by atoms with van der Waals surface area (Å²) in [5, 5.41) is 0. The Labute approximate surface area is 109 Å². The van der Waals surface area contributed by atoms with E-state index in [2.05, 4.69) is 9.46 Å². The summed E-state index contributed by atoms with van der Waals surface area (Å²) in [4.78, 5) is 11.5. The van der Waals surface area contributed by atoms with Gasteiger partial charge in [0.15, 0.2) is 0 Å². The molecule has 6 nitrogen and oxygen atoms in total. The molecule has 1 aliphatic rings. The Morgan fingerprint density at radius 1 is 1.22 bits per heavy atom. The average molecular weight is 278 g/mol. The van der Waals surface area contributed by atoms with E-state index in [1.165, 1.54) is 11.4 Å². The topological polar surface area (TPSA) is 75.7 Å². The normalized spacial score (nSPS) is 19.8. The molecule has 0 aromatic carbocycles. The molecule has 106 valence electrons. The van der Waals surface area contributed by atoms with Crippen LogP contribution in [-0.4, -0.2) is 44.9 Å². The number of hydrogen-bond donors (Lipinski definition) is 1. The zero-order valence-electron chi connectivity index (χ0n) is 11.2. The number of carbonyl (C=O) groups excluding carboxylic acids is 1. The number of ether oxygens (including phenoxy) is 1. The molecule has 1 rings (SSSR count). The highest BCUT2D eigenvalue weighted by molar-refractivity contribution is 7.87. The first-order chi connectivity index (χ1) is 8.38. The van der Waals surface area contributed by atoms with Gasteiger partial charge < -0.3 is 4.74 Å². The Morgan fingerprint density at radius 2 is 1.78 bits per heavy atom. The second-order valence-electron chi connectivity index (χ2n) is 4.83. The minimum absolute atomic E-state index is 0.156. The molecule has 0 radical (unpaired) electrons. The molecule has 1 heterocycles. The minimum Gasteiger partial charge on any atom is -0.468 e. The minimum atomic E-state index is -3.60. The van der Waals surface area contributed by atoms with Crippen LogP contribution in [0.4, 0.5) is 0 Å². The SMILES string of the molecule is COC(=O)C(NS(=O)(=O)N1CCCCC1)C(C)C. The van der Waals surface area contributed by atoms with Crippen molar-refractivity contribution in [3.05, 3.63) is 0 Å². The lowest BCUT2D eigenvalue weighted by Crippen LogP contribution is -2.51. The van der Waals surface area contributed by atoms with Gasteiger partial charge in [-0.3, -0.25) is 4.79 Å². The second-order valence-corrected chi connectivity index (χ2v) is 6.53. The van der Waals surface area contributed by atoms with Crippen LogP contribution in [0.25, 0.3) is 0 Å². The molecular weight excluding hydrogens is 256 g/mol. The Balaban J connectivity index is 2.75. The van der Waals surface area contributed by atoms with E-state index in [9.17, 15) is 13.2 Å².